The molecule has 0 aliphatic heterocycles. The summed E-state index contributed by atoms with van der Waals surface area (Å²) in [6.45, 7) is 2.46. The number of hydrogen-bond donors (Lipinski definition) is 1. The lowest BCUT2D eigenvalue weighted by Gasteiger charge is -2.02. The molecular weight excluding hydrogens is 344 g/mol. The molecule has 0 saturated heterocycles. The normalized spacial score (nSPS) is 9.55. The van der Waals surface area contributed by atoms with Gasteiger partial charge in [-0.05, 0) is 43.3 Å². The van der Waals surface area contributed by atoms with E-state index in [2.05, 4.69) is 38.1 Å². The minimum atomic E-state index is -0.148. The van der Waals surface area contributed by atoms with Crippen LogP contribution in [0.25, 0.3) is 0 Å². The Hall–Kier alpha value is -2.32. The summed E-state index contributed by atoms with van der Waals surface area (Å²) in [5.41, 5.74) is 1.54. The third-order valence-corrected chi connectivity index (χ3v) is 3.29. The van der Waals surface area contributed by atoms with Crippen LogP contribution in [0.3, 0.4) is 0 Å². The molecular formula is C17H15BrN2O2. The number of ether oxygens (including phenoxy) is 1. The Balaban J connectivity index is 1.71. The van der Waals surface area contributed by atoms with Crippen molar-refractivity contribution in [1.82, 2.24) is 10.3 Å². The van der Waals surface area contributed by atoms with E-state index in [1.807, 2.05) is 31.2 Å². The Morgan fingerprint density at radius 2 is 2.00 bits per heavy atom. The van der Waals surface area contributed by atoms with E-state index in [1.54, 1.807) is 18.3 Å². The summed E-state index contributed by atoms with van der Waals surface area (Å²) < 4.78 is 6.35. The molecule has 5 heteroatoms. The van der Waals surface area contributed by atoms with Crippen LogP contribution < -0.4 is 10.1 Å². The van der Waals surface area contributed by atoms with Gasteiger partial charge < -0.3 is 10.1 Å². The maximum absolute atomic E-state index is 11.8. The molecule has 1 aromatic heterocycles. The van der Waals surface area contributed by atoms with Crippen LogP contribution in [0.4, 0.5) is 0 Å². The van der Waals surface area contributed by atoms with Gasteiger partial charge in [0, 0.05) is 15.7 Å². The standard InChI is InChI=1S/C17H15BrN2O2/c1-13-4-9-16(12-20-13)22-11-3-2-10-19-17(21)14-5-7-15(18)8-6-14/h4-9,12H,10-11H2,1H3,(H,19,21). The summed E-state index contributed by atoms with van der Waals surface area (Å²) >= 11 is 3.33. The molecule has 22 heavy (non-hydrogen) atoms. The van der Waals surface area contributed by atoms with Crippen LogP contribution in [0.1, 0.15) is 16.1 Å². The molecule has 4 nitrogen and oxygen atoms in total. The van der Waals surface area contributed by atoms with Crippen LogP contribution in [0.2, 0.25) is 0 Å². The monoisotopic (exact) mass is 358 g/mol. The average molecular weight is 359 g/mol. The van der Waals surface area contributed by atoms with Crippen LogP contribution in [-0.4, -0.2) is 24.0 Å². The highest BCUT2D eigenvalue weighted by atomic mass is 79.9. The zero-order chi connectivity index (χ0) is 15.8. The molecule has 0 aliphatic rings. The van der Waals surface area contributed by atoms with E-state index in [1.165, 1.54) is 0 Å². The molecule has 0 unspecified atom stereocenters. The molecule has 0 saturated carbocycles. The Kier molecular flexibility index (Phi) is 5.99. The molecule has 1 aromatic carbocycles. The van der Waals surface area contributed by atoms with Gasteiger partial charge in [-0.3, -0.25) is 9.78 Å². The molecule has 2 aromatic rings. The number of benzene rings is 1. The second-order valence-corrected chi connectivity index (χ2v) is 5.38. The van der Waals surface area contributed by atoms with Gasteiger partial charge in [0.25, 0.3) is 5.91 Å². The summed E-state index contributed by atoms with van der Waals surface area (Å²) in [4.78, 5) is 15.9. The summed E-state index contributed by atoms with van der Waals surface area (Å²) in [6.07, 6.45) is 1.66. The molecule has 0 aliphatic carbocycles. The predicted octanol–water partition coefficient (Wildman–Crippen LogP) is 2.96. The lowest BCUT2D eigenvalue weighted by Crippen LogP contribution is -2.23. The number of nitrogens with one attached hydrogen (secondary N) is 1. The van der Waals surface area contributed by atoms with Crippen LogP contribution in [0.15, 0.2) is 47.1 Å². The maximum Gasteiger partial charge on any atom is 0.252 e. The summed E-state index contributed by atoms with van der Waals surface area (Å²) in [7, 11) is 0. The predicted molar refractivity (Wildman–Crippen MR) is 88.7 cm³/mol. The van der Waals surface area contributed by atoms with Crippen molar-refractivity contribution in [3.8, 4) is 17.6 Å². The number of rotatable bonds is 4. The zero-order valence-corrected chi connectivity index (χ0v) is 13.7. The molecule has 0 bridgehead atoms. The van der Waals surface area contributed by atoms with Crippen molar-refractivity contribution < 1.29 is 9.53 Å². The Morgan fingerprint density at radius 3 is 2.68 bits per heavy atom. The summed E-state index contributed by atoms with van der Waals surface area (Å²) in [5, 5.41) is 2.73. The van der Waals surface area contributed by atoms with Crippen molar-refractivity contribution in [2.75, 3.05) is 13.2 Å². The van der Waals surface area contributed by atoms with Gasteiger partial charge in [-0.25, -0.2) is 0 Å². The number of amides is 1. The first kappa shape index (κ1) is 16.1. The van der Waals surface area contributed by atoms with Crippen molar-refractivity contribution in [3.63, 3.8) is 0 Å². The van der Waals surface area contributed by atoms with Gasteiger partial charge in [0.2, 0.25) is 0 Å². The molecule has 0 spiro atoms. The zero-order valence-electron chi connectivity index (χ0n) is 12.1. The number of pyridine rings is 1. The van der Waals surface area contributed by atoms with E-state index in [-0.39, 0.29) is 19.1 Å². The minimum absolute atomic E-state index is 0.148. The molecule has 0 fully saturated rings. The Labute approximate surface area is 138 Å². The first-order chi connectivity index (χ1) is 10.6. The third kappa shape index (κ3) is 5.23. The molecule has 1 N–H and O–H groups in total. The highest BCUT2D eigenvalue weighted by Gasteiger charge is 2.02. The fourth-order valence-electron chi connectivity index (χ4n) is 1.60. The largest absolute Gasteiger partial charge is 0.479 e. The number of hydrogen-bond acceptors (Lipinski definition) is 3. The van der Waals surface area contributed by atoms with Crippen LogP contribution in [-0.2, 0) is 0 Å². The van der Waals surface area contributed by atoms with E-state index in [4.69, 9.17) is 4.74 Å². The van der Waals surface area contributed by atoms with Crippen molar-refractivity contribution in [2.24, 2.45) is 0 Å². The molecule has 1 heterocycles. The van der Waals surface area contributed by atoms with Gasteiger partial charge in [-0.1, -0.05) is 27.8 Å². The van der Waals surface area contributed by atoms with E-state index in [0.717, 1.165) is 10.2 Å². The highest BCUT2D eigenvalue weighted by Crippen LogP contribution is 2.10. The van der Waals surface area contributed by atoms with E-state index in [9.17, 15) is 4.79 Å². The SMILES string of the molecule is Cc1ccc(OCC#CCNC(=O)c2ccc(Br)cc2)cn1. The number of aromatic nitrogens is 1. The second-order valence-electron chi connectivity index (χ2n) is 4.47. The molecule has 0 radical (unpaired) electrons. The molecule has 2 rings (SSSR count). The summed E-state index contributed by atoms with van der Waals surface area (Å²) in [5.74, 6) is 6.22. The van der Waals surface area contributed by atoms with Crippen molar-refractivity contribution in [3.05, 3.63) is 58.3 Å². The number of halogens is 1. The van der Waals surface area contributed by atoms with Gasteiger partial charge in [-0.15, -0.1) is 0 Å². The summed E-state index contributed by atoms with van der Waals surface area (Å²) in [6, 6.07) is 10.9. The maximum atomic E-state index is 11.8. The first-order valence-electron chi connectivity index (χ1n) is 6.70. The lowest BCUT2D eigenvalue weighted by atomic mass is 10.2. The smallest absolute Gasteiger partial charge is 0.252 e. The van der Waals surface area contributed by atoms with E-state index in [0.29, 0.717) is 11.3 Å². The fourth-order valence-corrected chi connectivity index (χ4v) is 1.86. The molecule has 1 amide bonds. The molecule has 0 atom stereocenters. The number of aryl methyl sites for hydroxylation is 1. The average Bonchev–Trinajstić information content (AvgIpc) is 2.53. The van der Waals surface area contributed by atoms with Crippen molar-refractivity contribution in [1.29, 1.82) is 0 Å². The van der Waals surface area contributed by atoms with Crippen LogP contribution in [0.5, 0.6) is 5.75 Å². The minimum Gasteiger partial charge on any atom is -0.479 e. The Morgan fingerprint density at radius 1 is 1.23 bits per heavy atom. The first-order valence-corrected chi connectivity index (χ1v) is 7.49. The van der Waals surface area contributed by atoms with Crippen LogP contribution >= 0.6 is 15.9 Å². The second kappa shape index (κ2) is 8.20. The quantitative estimate of drug-likeness (QED) is 0.854. The van der Waals surface area contributed by atoms with Gasteiger partial charge in [0.1, 0.15) is 12.4 Å². The van der Waals surface area contributed by atoms with Crippen molar-refractivity contribution in [2.45, 2.75) is 6.92 Å². The number of carbonyl (C=O) groups excluding carboxylic acids is 1. The van der Waals surface area contributed by atoms with Gasteiger partial charge in [0.05, 0.1) is 12.7 Å². The van der Waals surface area contributed by atoms with E-state index < -0.39 is 0 Å². The number of nitrogens with zero attached hydrogens (tertiary/aromatic N) is 1. The molecule has 112 valence electrons. The van der Waals surface area contributed by atoms with Gasteiger partial charge in [-0.2, -0.15) is 0 Å². The lowest BCUT2D eigenvalue weighted by molar-refractivity contribution is 0.0958. The van der Waals surface area contributed by atoms with Crippen molar-refractivity contribution >= 4 is 21.8 Å². The Bertz CT molecular complexity index is 685. The van der Waals surface area contributed by atoms with Gasteiger partial charge in [0.15, 0.2) is 0 Å². The number of carbonyl (C=O) groups is 1. The highest BCUT2D eigenvalue weighted by molar-refractivity contribution is 9.10. The topological polar surface area (TPSA) is 51.2 Å². The third-order valence-electron chi connectivity index (χ3n) is 2.76. The fraction of sp³-hybridized carbons (Fsp3) is 0.176. The van der Waals surface area contributed by atoms with Crippen LogP contribution in [0, 0.1) is 18.8 Å². The van der Waals surface area contributed by atoms with Gasteiger partial charge >= 0.3 is 0 Å². The van der Waals surface area contributed by atoms with E-state index >= 15 is 0 Å².